The van der Waals surface area contributed by atoms with Crippen LogP contribution in [0.4, 0.5) is 0 Å². The zero-order valence-corrected chi connectivity index (χ0v) is 9.47. The quantitative estimate of drug-likeness (QED) is 0.752. The number of hydrogen-bond donors (Lipinski definition) is 0. The van der Waals surface area contributed by atoms with E-state index in [-0.39, 0.29) is 5.91 Å². The molecule has 0 saturated heterocycles. The van der Waals surface area contributed by atoms with Gasteiger partial charge in [0.05, 0.1) is 5.52 Å². The predicted molar refractivity (Wildman–Crippen MR) is 64.7 cm³/mol. The Morgan fingerprint density at radius 1 is 1.24 bits per heavy atom. The molecule has 1 aliphatic rings. The lowest BCUT2D eigenvalue weighted by molar-refractivity contribution is 0.0937. The number of benzene rings is 1. The number of hydrogen-bond acceptors (Lipinski definition) is 3. The average Bonchev–Trinajstić information content (AvgIpc) is 2.83. The van der Waals surface area contributed by atoms with E-state index >= 15 is 0 Å². The first-order valence-electron chi connectivity index (χ1n) is 5.90. The molecular formula is C13H13N3O. The first-order chi connectivity index (χ1) is 8.36. The van der Waals surface area contributed by atoms with Crippen LogP contribution in [0.2, 0.25) is 0 Å². The molecule has 86 valence electrons. The van der Waals surface area contributed by atoms with E-state index < -0.39 is 0 Å². The highest BCUT2D eigenvalue weighted by molar-refractivity contribution is 5.99. The average molecular weight is 227 g/mol. The lowest BCUT2D eigenvalue weighted by Crippen LogP contribution is -2.16. The van der Waals surface area contributed by atoms with E-state index in [1.54, 1.807) is 0 Å². The SMILES string of the molecule is O=C(C1=CCCCC1)n1nnc2ccccc21. The van der Waals surface area contributed by atoms with E-state index in [0.29, 0.717) is 0 Å². The summed E-state index contributed by atoms with van der Waals surface area (Å²) in [5, 5.41) is 7.95. The maximum atomic E-state index is 12.3. The van der Waals surface area contributed by atoms with Gasteiger partial charge in [0.15, 0.2) is 0 Å². The van der Waals surface area contributed by atoms with Gasteiger partial charge in [-0.3, -0.25) is 4.79 Å². The van der Waals surface area contributed by atoms with Crippen LogP contribution >= 0.6 is 0 Å². The fourth-order valence-corrected chi connectivity index (χ4v) is 2.19. The van der Waals surface area contributed by atoms with Gasteiger partial charge in [-0.25, -0.2) is 0 Å². The van der Waals surface area contributed by atoms with Gasteiger partial charge in [0.25, 0.3) is 5.91 Å². The lowest BCUT2D eigenvalue weighted by atomic mass is 9.99. The monoisotopic (exact) mass is 227 g/mol. The predicted octanol–water partition coefficient (Wildman–Crippen LogP) is 2.57. The van der Waals surface area contributed by atoms with E-state index in [9.17, 15) is 4.79 Å². The van der Waals surface area contributed by atoms with Gasteiger partial charge in [0, 0.05) is 5.57 Å². The Balaban J connectivity index is 2.03. The van der Waals surface area contributed by atoms with Gasteiger partial charge in [0.1, 0.15) is 5.52 Å². The van der Waals surface area contributed by atoms with Gasteiger partial charge in [-0.1, -0.05) is 23.4 Å². The number of carbonyl (C=O) groups is 1. The molecule has 1 heterocycles. The molecule has 0 fully saturated rings. The Hall–Kier alpha value is -1.97. The van der Waals surface area contributed by atoms with Crippen molar-refractivity contribution in [3.8, 4) is 0 Å². The molecule has 1 aromatic carbocycles. The molecule has 0 spiro atoms. The van der Waals surface area contributed by atoms with Gasteiger partial charge in [-0.2, -0.15) is 4.68 Å². The highest BCUT2D eigenvalue weighted by Gasteiger charge is 2.17. The molecule has 17 heavy (non-hydrogen) atoms. The summed E-state index contributed by atoms with van der Waals surface area (Å²) >= 11 is 0. The van der Waals surface area contributed by atoms with Crippen molar-refractivity contribution in [2.75, 3.05) is 0 Å². The van der Waals surface area contributed by atoms with Crippen molar-refractivity contribution in [1.82, 2.24) is 15.0 Å². The van der Waals surface area contributed by atoms with Crippen molar-refractivity contribution in [2.24, 2.45) is 0 Å². The second-order valence-corrected chi connectivity index (χ2v) is 4.27. The molecule has 3 rings (SSSR count). The molecule has 0 radical (unpaired) electrons. The maximum Gasteiger partial charge on any atom is 0.275 e. The molecule has 0 aliphatic heterocycles. The van der Waals surface area contributed by atoms with Gasteiger partial charge >= 0.3 is 0 Å². The van der Waals surface area contributed by atoms with Crippen LogP contribution in [0.15, 0.2) is 35.9 Å². The number of allylic oxidation sites excluding steroid dienone is 2. The molecule has 0 bridgehead atoms. The normalized spacial score (nSPS) is 15.9. The Kier molecular flexibility index (Phi) is 2.48. The minimum Gasteiger partial charge on any atom is -0.267 e. The zero-order valence-electron chi connectivity index (χ0n) is 9.47. The van der Waals surface area contributed by atoms with Gasteiger partial charge in [-0.05, 0) is 37.8 Å². The molecule has 0 unspecified atom stereocenters. The number of rotatable bonds is 1. The fraction of sp³-hybridized carbons (Fsp3) is 0.308. The molecular weight excluding hydrogens is 214 g/mol. The third kappa shape index (κ3) is 1.75. The summed E-state index contributed by atoms with van der Waals surface area (Å²) in [4.78, 5) is 12.3. The topological polar surface area (TPSA) is 47.8 Å². The molecule has 0 saturated carbocycles. The third-order valence-electron chi connectivity index (χ3n) is 3.11. The number of nitrogens with zero attached hydrogens (tertiary/aromatic N) is 3. The van der Waals surface area contributed by atoms with Crippen molar-refractivity contribution in [2.45, 2.75) is 25.7 Å². The summed E-state index contributed by atoms with van der Waals surface area (Å²) < 4.78 is 1.41. The van der Waals surface area contributed by atoms with Crippen LogP contribution in [0.3, 0.4) is 0 Å². The van der Waals surface area contributed by atoms with Crippen molar-refractivity contribution in [3.05, 3.63) is 35.9 Å². The summed E-state index contributed by atoms with van der Waals surface area (Å²) in [5.74, 6) is -0.0293. The Morgan fingerprint density at radius 2 is 2.12 bits per heavy atom. The number of para-hydroxylation sites is 1. The summed E-state index contributed by atoms with van der Waals surface area (Å²) in [7, 11) is 0. The van der Waals surface area contributed by atoms with Crippen LogP contribution in [0.1, 0.15) is 30.5 Å². The first kappa shape index (κ1) is 10.2. The van der Waals surface area contributed by atoms with Gasteiger partial charge in [-0.15, -0.1) is 5.10 Å². The number of fused-ring (bicyclic) bond motifs is 1. The van der Waals surface area contributed by atoms with E-state index in [1.165, 1.54) is 11.1 Å². The maximum absolute atomic E-state index is 12.3. The van der Waals surface area contributed by atoms with Crippen LogP contribution in [0.25, 0.3) is 11.0 Å². The summed E-state index contributed by atoms with van der Waals surface area (Å²) in [5.41, 5.74) is 2.41. The Morgan fingerprint density at radius 3 is 2.94 bits per heavy atom. The van der Waals surface area contributed by atoms with Crippen molar-refractivity contribution < 1.29 is 4.79 Å². The molecule has 0 N–H and O–H groups in total. The molecule has 1 aliphatic carbocycles. The third-order valence-corrected chi connectivity index (χ3v) is 3.11. The molecule has 4 nitrogen and oxygen atoms in total. The minimum atomic E-state index is -0.0293. The number of aromatic nitrogens is 3. The molecule has 1 aromatic heterocycles. The number of carbonyl (C=O) groups excluding carboxylic acids is 1. The van der Waals surface area contributed by atoms with Crippen LogP contribution in [-0.2, 0) is 0 Å². The van der Waals surface area contributed by atoms with Crippen LogP contribution < -0.4 is 0 Å². The largest absolute Gasteiger partial charge is 0.275 e. The van der Waals surface area contributed by atoms with Gasteiger partial charge < -0.3 is 0 Å². The van der Waals surface area contributed by atoms with Gasteiger partial charge in [0.2, 0.25) is 0 Å². The molecule has 4 heteroatoms. The minimum absolute atomic E-state index is 0.0293. The van der Waals surface area contributed by atoms with E-state index in [0.717, 1.165) is 35.9 Å². The first-order valence-corrected chi connectivity index (χ1v) is 5.90. The fourth-order valence-electron chi connectivity index (χ4n) is 2.19. The van der Waals surface area contributed by atoms with Crippen LogP contribution in [0, 0.1) is 0 Å². The van der Waals surface area contributed by atoms with E-state index in [2.05, 4.69) is 10.3 Å². The highest BCUT2D eigenvalue weighted by atomic mass is 16.2. The van der Waals surface area contributed by atoms with Crippen molar-refractivity contribution in [3.63, 3.8) is 0 Å². The lowest BCUT2D eigenvalue weighted by Gasteiger charge is -2.10. The van der Waals surface area contributed by atoms with Crippen LogP contribution in [0.5, 0.6) is 0 Å². The highest BCUT2D eigenvalue weighted by Crippen LogP contribution is 2.20. The van der Waals surface area contributed by atoms with Crippen molar-refractivity contribution >= 4 is 16.9 Å². The summed E-state index contributed by atoms with van der Waals surface area (Å²) in [6.07, 6.45) is 6.14. The van der Waals surface area contributed by atoms with E-state index in [1.807, 2.05) is 30.3 Å². The summed E-state index contributed by atoms with van der Waals surface area (Å²) in [6.45, 7) is 0. The zero-order chi connectivity index (χ0) is 11.7. The summed E-state index contributed by atoms with van der Waals surface area (Å²) in [6, 6.07) is 7.52. The smallest absolute Gasteiger partial charge is 0.267 e. The second kappa shape index (κ2) is 4.13. The Bertz CT molecular complexity index is 597. The molecule has 2 aromatic rings. The van der Waals surface area contributed by atoms with Crippen LogP contribution in [-0.4, -0.2) is 20.9 Å². The second-order valence-electron chi connectivity index (χ2n) is 4.27. The molecule has 0 atom stereocenters. The Labute approximate surface area is 98.9 Å². The van der Waals surface area contributed by atoms with Crippen molar-refractivity contribution in [1.29, 1.82) is 0 Å². The molecule has 0 amide bonds. The standard InChI is InChI=1S/C13H13N3O/c17-13(10-6-2-1-3-7-10)16-12-9-5-4-8-11(12)14-15-16/h4-6,8-9H,1-3,7H2. The van der Waals surface area contributed by atoms with E-state index in [4.69, 9.17) is 0 Å².